The molecule has 5 nitrogen and oxygen atoms in total. The van der Waals surface area contributed by atoms with Crippen molar-refractivity contribution in [2.75, 3.05) is 18.0 Å². The highest BCUT2D eigenvalue weighted by Gasteiger charge is 2.37. The van der Waals surface area contributed by atoms with Gasteiger partial charge in [0, 0.05) is 30.7 Å². The molecule has 0 saturated carbocycles. The number of nitrogens with zero attached hydrogens (tertiary/aromatic N) is 3. The molecule has 0 amide bonds. The molecule has 2 bridgehead atoms. The molecule has 2 aliphatic rings. The Morgan fingerprint density at radius 2 is 2.53 bits per heavy atom. The number of aromatic nitrogens is 1. The highest BCUT2D eigenvalue weighted by Crippen LogP contribution is 2.29. The third-order valence-corrected chi connectivity index (χ3v) is 3.52. The van der Waals surface area contributed by atoms with Crippen LogP contribution in [0.25, 0.3) is 0 Å². The second-order valence-corrected chi connectivity index (χ2v) is 4.58. The lowest BCUT2D eigenvalue weighted by Gasteiger charge is -2.29. The standard InChI is InChI=1S/C11H13FN4O/c12-11-7(3-15-17)1-9(5-14-11)16-6-8-2-10(16)4-13-8/h1,5,8,10,13H,2-4,6H2/t8-,10-/m0/s1. The van der Waals surface area contributed by atoms with E-state index >= 15 is 0 Å². The first-order valence-corrected chi connectivity index (χ1v) is 5.71. The van der Waals surface area contributed by atoms with Crippen LogP contribution in [0.1, 0.15) is 12.0 Å². The van der Waals surface area contributed by atoms with Crippen LogP contribution >= 0.6 is 0 Å². The average Bonchev–Trinajstić information content (AvgIpc) is 2.94. The summed E-state index contributed by atoms with van der Waals surface area (Å²) in [5.74, 6) is -0.601. The molecule has 0 spiro atoms. The molecule has 2 aliphatic heterocycles. The second kappa shape index (κ2) is 4.03. The number of hydrogen-bond acceptors (Lipinski definition) is 5. The molecule has 6 heteroatoms. The van der Waals surface area contributed by atoms with Gasteiger partial charge in [-0.05, 0) is 12.5 Å². The van der Waals surface area contributed by atoms with Crippen molar-refractivity contribution in [3.63, 3.8) is 0 Å². The molecule has 0 aromatic carbocycles. The minimum absolute atomic E-state index is 0.160. The maximum absolute atomic E-state index is 13.3. The molecule has 0 aliphatic carbocycles. The summed E-state index contributed by atoms with van der Waals surface area (Å²) in [5.41, 5.74) is 1.16. The van der Waals surface area contributed by atoms with Gasteiger partial charge in [-0.25, -0.2) is 4.98 Å². The summed E-state index contributed by atoms with van der Waals surface area (Å²) in [6.45, 7) is 1.72. The molecular formula is C11H13FN4O. The fourth-order valence-corrected chi connectivity index (χ4v) is 2.70. The first kappa shape index (κ1) is 10.6. The number of rotatable bonds is 3. The summed E-state index contributed by atoms with van der Waals surface area (Å²) in [7, 11) is 0. The Morgan fingerprint density at radius 1 is 1.65 bits per heavy atom. The molecule has 90 valence electrons. The van der Waals surface area contributed by atoms with E-state index in [9.17, 15) is 9.30 Å². The molecule has 1 aromatic rings. The van der Waals surface area contributed by atoms with Crippen LogP contribution < -0.4 is 10.2 Å². The normalized spacial score (nSPS) is 26.5. The number of hydrogen-bond donors (Lipinski definition) is 1. The van der Waals surface area contributed by atoms with E-state index in [1.54, 1.807) is 6.07 Å². The van der Waals surface area contributed by atoms with Crippen LogP contribution in [0.3, 0.4) is 0 Å². The van der Waals surface area contributed by atoms with Crippen molar-refractivity contribution in [3.05, 3.63) is 28.7 Å². The predicted octanol–water partition coefficient (Wildman–Crippen LogP) is 1.04. The molecule has 0 radical (unpaired) electrons. The molecule has 0 unspecified atom stereocenters. The zero-order chi connectivity index (χ0) is 11.8. The third-order valence-electron chi connectivity index (χ3n) is 3.52. The fourth-order valence-electron chi connectivity index (χ4n) is 2.70. The van der Waals surface area contributed by atoms with Crippen LogP contribution in [0.5, 0.6) is 0 Å². The van der Waals surface area contributed by atoms with E-state index < -0.39 is 5.95 Å². The number of piperazine rings is 1. The second-order valence-electron chi connectivity index (χ2n) is 4.58. The molecule has 2 atom stereocenters. The van der Waals surface area contributed by atoms with Gasteiger partial charge in [-0.1, -0.05) is 5.18 Å². The largest absolute Gasteiger partial charge is 0.364 e. The van der Waals surface area contributed by atoms with Gasteiger partial charge in [-0.15, -0.1) is 0 Å². The Bertz CT molecular complexity index is 453. The quantitative estimate of drug-likeness (QED) is 0.629. The molecule has 2 fully saturated rings. The highest BCUT2D eigenvalue weighted by atomic mass is 19.1. The van der Waals surface area contributed by atoms with Crippen LogP contribution in [-0.2, 0) is 6.54 Å². The van der Waals surface area contributed by atoms with Gasteiger partial charge in [-0.3, -0.25) is 0 Å². The van der Waals surface area contributed by atoms with Gasteiger partial charge in [0.25, 0.3) is 0 Å². The maximum atomic E-state index is 13.3. The lowest BCUT2D eigenvalue weighted by atomic mass is 10.2. The predicted molar refractivity (Wildman–Crippen MR) is 61.2 cm³/mol. The van der Waals surface area contributed by atoms with Gasteiger partial charge in [0.1, 0.15) is 6.54 Å². The smallest absolute Gasteiger partial charge is 0.218 e. The molecule has 17 heavy (non-hydrogen) atoms. The maximum Gasteiger partial charge on any atom is 0.218 e. The number of fused-ring (bicyclic) bond motifs is 2. The van der Waals surface area contributed by atoms with Crippen molar-refractivity contribution in [1.82, 2.24) is 10.3 Å². The van der Waals surface area contributed by atoms with Crippen molar-refractivity contribution in [3.8, 4) is 0 Å². The Hall–Kier alpha value is -1.56. The Morgan fingerprint density at radius 3 is 3.18 bits per heavy atom. The van der Waals surface area contributed by atoms with Crippen LogP contribution in [-0.4, -0.2) is 30.2 Å². The minimum atomic E-state index is -0.601. The van der Waals surface area contributed by atoms with Gasteiger partial charge >= 0.3 is 0 Å². The summed E-state index contributed by atoms with van der Waals surface area (Å²) in [6.07, 6.45) is 2.66. The van der Waals surface area contributed by atoms with Gasteiger partial charge in [0.2, 0.25) is 5.95 Å². The highest BCUT2D eigenvalue weighted by molar-refractivity contribution is 5.50. The van der Waals surface area contributed by atoms with Crippen molar-refractivity contribution in [1.29, 1.82) is 0 Å². The minimum Gasteiger partial charge on any atom is -0.364 e. The molecule has 3 rings (SSSR count). The first-order valence-electron chi connectivity index (χ1n) is 5.71. The first-order chi connectivity index (χ1) is 8.28. The van der Waals surface area contributed by atoms with E-state index in [4.69, 9.17) is 0 Å². The topological polar surface area (TPSA) is 57.6 Å². The number of nitrogens with one attached hydrogen (secondary N) is 1. The van der Waals surface area contributed by atoms with E-state index in [0.717, 1.165) is 25.2 Å². The lowest BCUT2D eigenvalue weighted by molar-refractivity contribution is 0.559. The third kappa shape index (κ3) is 1.78. The number of anilines is 1. The zero-order valence-electron chi connectivity index (χ0n) is 9.27. The van der Waals surface area contributed by atoms with E-state index in [1.807, 2.05) is 0 Å². The van der Waals surface area contributed by atoms with Gasteiger partial charge in [0.15, 0.2) is 0 Å². The summed E-state index contributed by atoms with van der Waals surface area (Å²) >= 11 is 0. The van der Waals surface area contributed by atoms with Crippen molar-refractivity contribution in [2.45, 2.75) is 25.0 Å². The summed E-state index contributed by atoms with van der Waals surface area (Å²) in [4.78, 5) is 16.1. The van der Waals surface area contributed by atoms with Gasteiger partial charge in [0.05, 0.1) is 11.9 Å². The van der Waals surface area contributed by atoms with Crippen LogP contribution in [0.15, 0.2) is 17.4 Å². The number of halogens is 1. The summed E-state index contributed by atoms with van der Waals surface area (Å²) < 4.78 is 13.3. The van der Waals surface area contributed by atoms with E-state index in [-0.39, 0.29) is 12.1 Å². The number of pyridine rings is 1. The molecule has 1 aromatic heterocycles. The molecule has 2 saturated heterocycles. The van der Waals surface area contributed by atoms with Crippen molar-refractivity contribution in [2.24, 2.45) is 5.18 Å². The molecule has 1 N–H and O–H groups in total. The van der Waals surface area contributed by atoms with Gasteiger partial charge < -0.3 is 10.2 Å². The fraction of sp³-hybridized carbons (Fsp3) is 0.545. The Balaban J connectivity index is 1.88. The molecular weight excluding hydrogens is 223 g/mol. The van der Waals surface area contributed by atoms with E-state index in [0.29, 0.717) is 12.1 Å². The zero-order valence-corrected chi connectivity index (χ0v) is 9.27. The van der Waals surface area contributed by atoms with Crippen LogP contribution in [0.4, 0.5) is 10.1 Å². The number of nitroso groups, excluding NO2 is 1. The Labute approximate surface area is 98.0 Å². The van der Waals surface area contributed by atoms with Crippen molar-refractivity contribution < 1.29 is 4.39 Å². The van der Waals surface area contributed by atoms with Crippen LogP contribution in [0.2, 0.25) is 0 Å². The summed E-state index contributed by atoms with van der Waals surface area (Å²) in [6, 6.07) is 2.67. The van der Waals surface area contributed by atoms with Gasteiger partial charge in [-0.2, -0.15) is 9.30 Å². The van der Waals surface area contributed by atoms with E-state index in [2.05, 4.69) is 20.4 Å². The van der Waals surface area contributed by atoms with Crippen molar-refractivity contribution >= 4 is 5.69 Å². The van der Waals surface area contributed by atoms with E-state index in [1.165, 1.54) is 6.20 Å². The monoisotopic (exact) mass is 236 g/mol. The lowest BCUT2D eigenvalue weighted by Crippen LogP contribution is -2.43. The SMILES string of the molecule is O=NCc1cc(N2C[C@@H]3C[C@H]2CN3)cnc1F. The molecule has 3 heterocycles. The van der Waals surface area contributed by atoms with Crippen LogP contribution in [0, 0.1) is 10.9 Å². The Kier molecular flexibility index (Phi) is 2.51. The summed E-state index contributed by atoms with van der Waals surface area (Å²) in [5, 5.41) is 6.12. The average molecular weight is 236 g/mol.